The molecule has 130 valence electrons. The van der Waals surface area contributed by atoms with Crippen LogP contribution in [0.2, 0.25) is 0 Å². The first-order valence-corrected chi connectivity index (χ1v) is 8.70. The van der Waals surface area contributed by atoms with Crippen LogP contribution in [-0.2, 0) is 4.79 Å². The highest BCUT2D eigenvalue weighted by atomic mass is 16.4. The standard InChI is InChI=1S/C20H32O3/c1-2-3-4-5-6-7-8-10-13-16-19(21)17-14-11-9-12-15-18-20(22)23/h6-7,9-11,13-14,17,19,21H,2-5,8,12,15-16,18H2,1H3,(H,22,23)/b7-6-,11-9-,13-10-,17-14+/t19-/m0/s1. The minimum atomic E-state index is -0.757. The highest BCUT2D eigenvalue weighted by molar-refractivity contribution is 5.66. The molecule has 0 aliphatic heterocycles. The molecule has 0 aliphatic carbocycles. The second-order valence-electron chi connectivity index (χ2n) is 5.58. The zero-order valence-electron chi connectivity index (χ0n) is 14.4. The largest absolute Gasteiger partial charge is 0.481 e. The number of aliphatic carboxylic acids is 1. The quantitative estimate of drug-likeness (QED) is 0.263. The van der Waals surface area contributed by atoms with Crippen molar-refractivity contribution in [2.24, 2.45) is 0 Å². The summed E-state index contributed by atoms with van der Waals surface area (Å²) in [4.78, 5) is 10.3. The molecule has 0 aromatic carbocycles. The summed E-state index contributed by atoms with van der Waals surface area (Å²) in [5.74, 6) is -0.757. The Balaban J connectivity index is 3.62. The smallest absolute Gasteiger partial charge is 0.303 e. The first-order chi connectivity index (χ1) is 11.2. The number of aliphatic hydroxyl groups excluding tert-OH is 1. The van der Waals surface area contributed by atoms with E-state index in [4.69, 9.17) is 5.11 Å². The van der Waals surface area contributed by atoms with E-state index in [1.165, 1.54) is 19.3 Å². The first kappa shape index (κ1) is 21.4. The minimum Gasteiger partial charge on any atom is -0.481 e. The third-order valence-electron chi connectivity index (χ3n) is 3.30. The van der Waals surface area contributed by atoms with Crippen LogP contribution < -0.4 is 0 Å². The maximum Gasteiger partial charge on any atom is 0.303 e. The number of unbranched alkanes of at least 4 members (excludes halogenated alkanes) is 4. The number of allylic oxidation sites excluding steroid dienone is 6. The summed E-state index contributed by atoms with van der Waals surface area (Å²) in [6.07, 6.45) is 23.5. The van der Waals surface area contributed by atoms with E-state index < -0.39 is 12.1 Å². The van der Waals surface area contributed by atoms with Crippen LogP contribution in [0.4, 0.5) is 0 Å². The molecule has 1 atom stereocenters. The summed E-state index contributed by atoms with van der Waals surface area (Å²) >= 11 is 0. The number of aliphatic hydroxyl groups is 1. The summed E-state index contributed by atoms with van der Waals surface area (Å²) in [5.41, 5.74) is 0. The molecule has 0 bridgehead atoms. The van der Waals surface area contributed by atoms with Gasteiger partial charge >= 0.3 is 5.97 Å². The fraction of sp³-hybridized carbons (Fsp3) is 0.550. The molecule has 0 heterocycles. The lowest BCUT2D eigenvalue weighted by atomic mass is 10.2. The molecule has 0 unspecified atom stereocenters. The van der Waals surface area contributed by atoms with Crippen LogP contribution in [-0.4, -0.2) is 22.3 Å². The number of carboxylic acid groups (broad SMARTS) is 1. The average molecular weight is 320 g/mol. The van der Waals surface area contributed by atoms with Gasteiger partial charge in [-0.15, -0.1) is 0 Å². The zero-order chi connectivity index (χ0) is 17.2. The van der Waals surface area contributed by atoms with Gasteiger partial charge in [0, 0.05) is 6.42 Å². The van der Waals surface area contributed by atoms with Crippen molar-refractivity contribution in [3.8, 4) is 0 Å². The van der Waals surface area contributed by atoms with Gasteiger partial charge in [0.2, 0.25) is 0 Å². The monoisotopic (exact) mass is 320 g/mol. The molecule has 0 amide bonds. The lowest BCUT2D eigenvalue weighted by molar-refractivity contribution is -0.137. The van der Waals surface area contributed by atoms with Crippen LogP contribution in [0.1, 0.15) is 64.7 Å². The molecule has 2 N–H and O–H groups in total. The van der Waals surface area contributed by atoms with Gasteiger partial charge in [0.15, 0.2) is 0 Å². The Morgan fingerprint density at radius 3 is 2.43 bits per heavy atom. The number of carbonyl (C=O) groups is 1. The van der Waals surface area contributed by atoms with Crippen LogP contribution >= 0.6 is 0 Å². The van der Waals surface area contributed by atoms with Crippen LogP contribution in [0.25, 0.3) is 0 Å². The molecule has 3 nitrogen and oxygen atoms in total. The summed E-state index contributed by atoms with van der Waals surface area (Å²) in [7, 11) is 0. The third kappa shape index (κ3) is 18.3. The Morgan fingerprint density at radius 2 is 1.70 bits per heavy atom. The van der Waals surface area contributed by atoms with Gasteiger partial charge < -0.3 is 10.2 Å². The van der Waals surface area contributed by atoms with Gasteiger partial charge in [0.25, 0.3) is 0 Å². The third-order valence-corrected chi connectivity index (χ3v) is 3.30. The lowest BCUT2D eigenvalue weighted by Gasteiger charge is -1.98. The first-order valence-electron chi connectivity index (χ1n) is 8.70. The second kappa shape index (κ2) is 16.8. The van der Waals surface area contributed by atoms with Crippen molar-refractivity contribution < 1.29 is 15.0 Å². The number of hydrogen-bond donors (Lipinski definition) is 2. The lowest BCUT2D eigenvalue weighted by Crippen LogP contribution is -1.98. The van der Waals surface area contributed by atoms with Crippen LogP contribution in [0.15, 0.2) is 48.6 Å². The highest BCUT2D eigenvalue weighted by Gasteiger charge is 1.94. The minimum absolute atomic E-state index is 0.203. The van der Waals surface area contributed by atoms with Crippen molar-refractivity contribution in [2.45, 2.75) is 70.8 Å². The van der Waals surface area contributed by atoms with Crippen LogP contribution in [0, 0.1) is 0 Å². The fourth-order valence-corrected chi connectivity index (χ4v) is 1.95. The highest BCUT2D eigenvalue weighted by Crippen LogP contribution is 2.02. The summed E-state index contributed by atoms with van der Waals surface area (Å²) in [5, 5.41) is 18.2. The molecule has 23 heavy (non-hydrogen) atoms. The van der Waals surface area contributed by atoms with Crippen molar-refractivity contribution in [3.05, 3.63) is 48.6 Å². The summed E-state index contributed by atoms with van der Waals surface area (Å²) < 4.78 is 0. The summed E-state index contributed by atoms with van der Waals surface area (Å²) in [6.45, 7) is 2.21. The summed E-state index contributed by atoms with van der Waals surface area (Å²) in [6, 6.07) is 0. The number of carboxylic acids is 1. The van der Waals surface area contributed by atoms with Gasteiger partial charge in [-0.2, -0.15) is 0 Å². The second-order valence-corrected chi connectivity index (χ2v) is 5.58. The fourth-order valence-electron chi connectivity index (χ4n) is 1.95. The van der Waals surface area contributed by atoms with E-state index in [0.29, 0.717) is 12.8 Å². The number of hydrogen-bond acceptors (Lipinski definition) is 2. The van der Waals surface area contributed by atoms with Gasteiger partial charge in [-0.1, -0.05) is 68.4 Å². The molecule has 0 aromatic heterocycles. The molecule has 0 radical (unpaired) electrons. The molecule has 0 saturated heterocycles. The van der Waals surface area contributed by atoms with Gasteiger partial charge in [-0.25, -0.2) is 0 Å². The zero-order valence-corrected chi connectivity index (χ0v) is 14.4. The van der Waals surface area contributed by atoms with Crippen molar-refractivity contribution in [1.29, 1.82) is 0 Å². The van der Waals surface area contributed by atoms with E-state index in [1.54, 1.807) is 6.08 Å². The molecule has 0 aromatic rings. The Hall–Kier alpha value is -1.61. The van der Waals surface area contributed by atoms with Crippen LogP contribution in [0.5, 0.6) is 0 Å². The predicted molar refractivity (Wildman–Crippen MR) is 97.4 cm³/mol. The maximum atomic E-state index is 10.3. The van der Waals surface area contributed by atoms with Gasteiger partial charge in [-0.3, -0.25) is 4.79 Å². The molecular formula is C20H32O3. The van der Waals surface area contributed by atoms with Crippen molar-refractivity contribution in [2.75, 3.05) is 0 Å². The van der Waals surface area contributed by atoms with E-state index in [1.807, 2.05) is 24.3 Å². The van der Waals surface area contributed by atoms with Crippen molar-refractivity contribution >= 4 is 5.97 Å². The number of rotatable bonds is 14. The Kier molecular flexibility index (Phi) is 15.6. The topological polar surface area (TPSA) is 57.5 Å². The molecule has 0 rings (SSSR count). The van der Waals surface area contributed by atoms with Gasteiger partial charge in [0.1, 0.15) is 0 Å². The molecule has 3 heteroatoms. The average Bonchev–Trinajstić information content (AvgIpc) is 2.52. The van der Waals surface area contributed by atoms with E-state index >= 15 is 0 Å². The van der Waals surface area contributed by atoms with Gasteiger partial charge in [0.05, 0.1) is 6.10 Å². The molecular weight excluding hydrogens is 288 g/mol. The Morgan fingerprint density at radius 1 is 0.957 bits per heavy atom. The maximum absolute atomic E-state index is 10.3. The van der Waals surface area contributed by atoms with Crippen LogP contribution in [0.3, 0.4) is 0 Å². The van der Waals surface area contributed by atoms with E-state index in [2.05, 4.69) is 25.2 Å². The normalized spacial score (nSPS) is 13.8. The SMILES string of the molecule is CCCCC/C=C\C/C=C\C[C@H](O)/C=C/C=C\CCCC(=O)O. The molecule has 0 spiro atoms. The Bertz CT molecular complexity index is 392. The van der Waals surface area contributed by atoms with E-state index in [9.17, 15) is 9.90 Å². The Labute approximate surface area is 141 Å². The van der Waals surface area contributed by atoms with Crippen molar-refractivity contribution in [3.63, 3.8) is 0 Å². The van der Waals surface area contributed by atoms with Crippen molar-refractivity contribution in [1.82, 2.24) is 0 Å². The predicted octanol–water partition coefficient (Wildman–Crippen LogP) is 5.19. The molecule has 0 aliphatic rings. The van der Waals surface area contributed by atoms with Gasteiger partial charge in [-0.05, 0) is 38.5 Å². The molecule has 0 saturated carbocycles. The van der Waals surface area contributed by atoms with E-state index in [0.717, 1.165) is 19.3 Å². The molecule has 0 fully saturated rings. The van der Waals surface area contributed by atoms with E-state index in [-0.39, 0.29) is 6.42 Å².